The van der Waals surface area contributed by atoms with Gasteiger partial charge in [-0.25, -0.2) is 13.2 Å². The molecule has 128 valence electrons. The van der Waals surface area contributed by atoms with E-state index in [2.05, 4.69) is 15.4 Å². The Hall–Kier alpha value is -2.54. The summed E-state index contributed by atoms with van der Waals surface area (Å²) < 4.78 is 27.1. The smallest absolute Gasteiger partial charge is 0.319 e. The SMILES string of the molecule is CC(C)CNC(=O)Nc1ccc(S(=O)(=O)Nc2ccccc2)cc1. The highest BCUT2D eigenvalue weighted by atomic mass is 32.2. The molecule has 2 rings (SSSR count). The molecule has 2 aromatic rings. The van der Waals surface area contributed by atoms with E-state index in [4.69, 9.17) is 0 Å². The van der Waals surface area contributed by atoms with Gasteiger partial charge in [0, 0.05) is 17.9 Å². The molecule has 2 amide bonds. The second-order valence-corrected chi connectivity index (χ2v) is 7.41. The molecule has 24 heavy (non-hydrogen) atoms. The van der Waals surface area contributed by atoms with E-state index in [1.165, 1.54) is 12.1 Å². The monoisotopic (exact) mass is 347 g/mol. The van der Waals surface area contributed by atoms with Crippen LogP contribution in [-0.4, -0.2) is 21.0 Å². The molecule has 0 unspecified atom stereocenters. The van der Waals surface area contributed by atoms with Crippen LogP contribution in [0.1, 0.15) is 13.8 Å². The van der Waals surface area contributed by atoms with Crippen molar-refractivity contribution in [2.45, 2.75) is 18.7 Å². The lowest BCUT2D eigenvalue weighted by atomic mass is 10.2. The zero-order valence-electron chi connectivity index (χ0n) is 13.6. The molecule has 0 bridgehead atoms. The summed E-state index contributed by atoms with van der Waals surface area (Å²) in [7, 11) is -3.66. The number of anilines is 2. The molecule has 0 aliphatic carbocycles. The first-order chi connectivity index (χ1) is 11.4. The molecule has 0 saturated heterocycles. The first-order valence-corrected chi connectivity index (χ1v) is 9.08. The van der Waals surface area contributed by atoms with Gasteiger partial charge in [-0.1, -0.05) is 32.0 Å². The number of rotatable bonds is 6. The van der Waals surface area contributed by atoms with Crippen molar-refractivity contribution < 1.29 is 13.2 Å². The summed E-state index contributed by atoms with van der Waals surface area (Å²) in [6.45, 7) is 4.57. The van der Waals surface area contributed by atoms with Crippen molar-refractivity contribution in [1.29, 1.82) is 0 Å². The van der Waals surface area contributed by atoms with Crippen LogP contribution in [-0.2, 0) is 10.0 Å². The summed E-state index contributed by atoms with van der Waals surface area (Å²) in [5, 5.41) is 5.39. The fourth-order valence-corrected chi connectivity index (χ4v) is 2.97. The molecule has 0 atom stereocenters. The molecule has 2 aromatic carbocycles. The minimum absolute atomic E-state index is 0.125. The average molecular weight is 347 g/mol. The maximum atomic E-state index is 12.3. The van der Waals surface area contributed by atoms with Gasteiger partial charge < -0.3 is 10.6 Å². The molecule has 0 aliphatic rings. The number of carbonyl (C=O) groups excluding carboxylic acids is 1. The topological polar surface area (TPSA) is 87.3 Å². The summed E-state index contributed by atoms with van der Waals surface area (Å²) >= 11 is 0. The number of nitrogens with one attached hydrogen (secondary N) is 3. The van der Waals surface area contributed by atoms with Gasteiger partial charge in [-0.3, -0.25) is 4.72 Å². The number of carbonyl (C=O) groups is 1. The number of para-hydroxylation sites is 1. The Bertz CT molecular complexity index is 772. The lowest BCUT2D eigenvalue weighted by Gasteiger charge is -2.11. The zero-order valence-corrected chi connectivity index (χ0v) is 14.4. The number of sulfonamides is 1. The van der Waals surface area contributed by atoms with Crippen molar-refractivity contribution in [1.82, 2.24) is 5.32 Å². The quantitative estimate of drug-likeness (QED) is 0.749. The highest BCUT2D eigenvalue weighted by molar-refractivity contribution is 7.92. The van der Waals surface area contributed by atoms with Crippen LogP contribution in [0.4, 0.5) is 16.2 Å². The van der Waals surface area contributed by atoms with Crippen LogP contribution in [0.2, 0.25) is 0 Å². The van der Waals surface area contributed by atoms with Crippen molar-refractivity contribution in [2.75, 3.05) is 16.6 Å². The summed E-state index contributed by atoms with van der Waals surface area (Å²) in [4.78, 5) is 11.8. The van der Waals surface area contributed by atoms with Gasteiger partial charge in [0.25, 0.3) is 10.0 Å². The second-order valence-electron chi connectivity index (χ2n) is 5.72. The van der Waals surface area contributed by atoms with Crippen LogP contribution in [0.25, 0.3) is 0 Å². The predicted molar refractivity (Wildman–Crippen MR) is 95.6 cm³/mol. The lowest BCUT2D eigenvalue weighted by Crippen LogP contribution is -2.31. The molecule has 0 spiro atoms. The van der Waals surface area contributed by atoms with Gasteiger partial charge in [0.1, 0.15) is 0 Å². The molecule has 0 heterocycles. The molecular weight excluding hydrogens is 326 g/mol. The van der Waals surface area contributed by atoms with Crippen LogP contribution < -0.4 is 15.4 Å². The van der Waals surface area contributed by atoms with Crippen molar-refractivity contribution in [3.8, 4) is 0 Å². The van der Waals surface area contributed by atoms with Gasteiger partial charge in [0.2, 0.25) is 0 Å². The van der Waals surface area contributed by atoms with E-state index in [0.29, 0.717) is 23.8 Å². The first kappa shape index (κ1) is 17.8. The Kier molecular flexibility index (Phi) is 5.81. The number of hydrogen-bond donors (Lipinski definition) is 3. The average Bonchev–Trinajstić information content (AvgIpc) is 2.54. The maximum absolute atomic E-state index is 12.3. The molecule has 0 fully saturated rings. The third kappa shape index (κ3) is 5.27. The van der Waals surface area contributed by atoms with Crippen molar-refractivity contribution in [3.05, 3.63) is 54.6 Å². The van der Waals surface area contributed by atoms with Gasteiger partial charge in [-0.05, 0) is 42.3 Å². The van der Waals surface area contributed by atoms with E-state index in [-0.39, 0.29) is 10.9 Å². The van der Waals surface area contributed by atoms with E-state index in [9.17, 15) is 13.2 Å². The van der Waals surface area contributed by atoms with Crippen LogP contribution in [0.5, 0.6) is 0 Å². The van der Waals surface area contributed by atoms with E-state index in [1.807, 2.05) is 19.9 Å². The van der Waals surface area contributed by atoms with Crippen LogP contribution in [0, 0.1) is 5.92 Å². The number of benzene rings is 2. The number of hydrogen-bond acceptors (Lipinski definition) is 3. The number of urea groups is 1. The Labute approximate surface area is 142 Å². The second kappa shape index (κ2) is 7.83. The molecule has 7 heteroatoms. The Morgan fingerprint density at radius 2 is 1.58 bits per heavy atom. The summed E-state index contributed by atoms with van der Waals surface area (Å²) in [5.74, 6) is 0.354. The predicted octanol–water partition coefficient (Wildman–Crippen LogP) is 3.26. The summed E-state index contributed by atoms with van der Waals surface area (Å²) in [6.07, 6.45) is 0. The van der Waals surface area contributed by atoms with E-state index < -0.39 is 10.0 Å². The first-order valence-electron chi connectivity index (χ1n) is 7.59. The van der Waals surface area contributed by atoms with Gasteiger partial charge in [-0.2, -0.15) is 0 Å². The van der Waals surface area contributed by atoms with E-state index in [0.717, 1.165) is 0 Å². The number of amides is 2. The highest BCUT2D eigenvalue weighted by Crippen LogP contribution is 2.18. The largest absolute Gasteiger partial charge is 0.338 e. The van der Waals surface area contributed by atoms with Gasteiger partial charge in [0.05, 0.1) is 4.90 Å². The van der Waals surface area contributed by atoms with Gasteiger partial charge in [-0.15, -0.1) is 0 Å². The Balaban J connectivity index is 2.02. The molecule has 0 aromatic heterocycles. The summed E-state index contributed by atoms with van der Waals surface area (Å²) in [5.41, 5.74) is 1.02. The molecule has 0 radical (unpaired) electrons. The van der Waals surface area contributed by atoms with Crippen molar-refractivity contribution >= 4 is 27.4 Å². The fourth-order valence-electron chi connectivity index (χ4n) is 1.91. The van der Waals surface area contributed by atoms with E-state index >= 15 is 0 Å². The standard InChI is InChI=1S/C17H21N3O3S/c1-13(2)12-18-17(21)19-14-8-10-16(11-9-14)24(22,23)20-15-6-4-3-5-7-15/h3-11,13,20H,12H2,1-2H3,(H2,18,19,21). The summed E-state index contributed by atoms with van der Waals surface area (Å²) in [6, 6.07) is 14.3. The molecule has 0 aliphatic heterocycles. The normalized spacial score (nSPS) is 11.1. The fraction of sp³-hybridized carbons (Fsp3) is 0.235. The maximum Gasteiger partial charge on any atom is 0.319 e. The Morgan fingerprint density at radius 1 is 0.958 bits per heavy atom. The third-order valence-electron chi connectivity index (χ3n) is 3.12. The molecule has 3 N–H and O–H groups in total. The van der Waals surface area contributed by atoms with Crippen LogP contribution in [0.15, 0.2) is 59.5 Å². The minimum atomic E-state index is -3.66. The lowest BCUT2D eigenvalue weighted by molar-refractivity contribution is 0.251. The van der Waals surface area contributed by atoms with Crippen LogP contribution >= 0.6 is 0 Å². The molecular formula is C17H21N3O3S. The van der Waals surface area contributed by atoms with Crippen molar-refractivity contribution in [3.63, 3.8) is 0 Å². The Morgan fingerprint density at radius 3 is 2.17 bits per heavy atom. The third-order valence-corrected chi connectivity index (χ3v) is 4.52. The minimum Gasteiger partial charge on any atom is -0.338 e. The van der Waals surface area contributed by atoms with Crippen molar-refractivity contribution in [2.24, 2.45) is 5.92 Å². The van der Waals surface area contributed by atoms with Gasteiger partial charge in [0.15, 0.2) is 0 Å². The molecule has 6 nitrogen and oxygen atoms in total. The van der Waals surface area contributed by atoms with Gasteiger partial charge >= 0.3 is 6.03 Å². The highest BCUT2D eigenvalue weighted by Gasteiger charge is 2.14. The zero-order chi connectivity index (χ0) is 17.6. The van der Waals surface area contributed by atoms with E-state index in [1.54, 1.807) is 36.4 Å². The molecule has 0 saturated carbocycles. The van der Waals surface area contributed by atoms with Crippen LogP contribution in [0.3, 0.4) is 0 Å².